The third-order valence-corrected chi connectivity index (χ3v) is 6.31. The first-order valence-corrected chi connectivity index (χ1v) is 10.6. The average molecular weight is 395 g/mol. The number of para-hydroxylation sites is 1. The zero-order valence-electron chi connectivity index (χ0n) is 14.5. The van der Waals surface area contributed by atoms with Crippen LogP contribution in [-0.4, -0.2) is 45.6 Å². The molecule has 0 spiro atoms. The summed E-state index contributed by atoms with van der Waals surface area (Å²) in [5.41, 5.74) is 0. The molecule has 0 amide bonds. The third kappa shape index (κ3) is 5.20. The van der Waals surface area contributed by atoms with Gasteiger partial charge < -0.3 is 4.74 Å². The molecule has 0 aliphatic carbocycles. The lowest BCUT2D eigenvalue weighted by Crippen LogP contribution is -2.45. The van der Waals surface area contributed by atoms with Crippen LogP contribution in [0, 0.1) is 0 Å². The lowest BCUT2D eigenvalue weighted by Gasteiger charge is -2.32. The molecular formula is C19H23ClN2O3S. The highest BCUT2D eigenvalue weighted by molar-refractivity contribution is 7.89. The minimum absolute atomic E-state index is 0.0269. The number of ether oxygens (including phenoxy) is 1. The van der Waals surface area contributed by atoms with Crippen LogP contribution in [0.25, 0.3) is 0 Å². The fourth-order valence-corrected chi connectivity index (χ4v) is 4.52. The summed E-state index contributed by atoms with van der Waals surface area (Å²) in [6, 6.07) is 15.9. The zero-order chi connectivity index (χ0) is 18.4. The Morgan fingerprint density at radius 3 is 2.38 bits per heavy atom. The van der Waals surface area contributed by atoms with E-state index in [-0.39, 0.29) is 6.04 Å². The van der Waals surface area contributed by atoms with Gasteiger partial charge in [-0.2, -0.15) is 0 Å². The van der Waals surface area contributed by atoms with Crippen LogP contribution >= 0.6 is 11.6 Å². The van der Waals surface area contributed by atoms with Gasteiger partial charge in [-0.15, -0.1) is 0 Å². The Morgan fingerprint density at radius 1 is 1.04 bits per heavy atom. The summed E-state index contributed by atoms with van der Waals surface area (Å²) in [4.78, 5) is 2.60. The predicted molar refractivity (Wildman–Crippen MR) is 103 cm³/mol. The first-order valence-electron chi connectivity index (χ1n) is 8.72. The molecule has 0 saturated carbocycles. The van der Waals surface area contributed by atoms with Crippen molar-refractivity contribution < 1.29 is 13.2 Å². The van der Waals surface area contributed by atoms with Gasteiger partial charge in [0.25, 0.3) is 0 Å². The first-order chi connectivity index (χ1) is 12.5. The lowest BCUT2D eigenvalue weighted by molar-refractivity contribution is 0.170. The molecule has 0 bridgehead atoms. The second kappa shape index (κ2) is 8.86. The lowest BCUT2D eigenvalue weighted by atomic mass is 10.1. The van der Waals surface area contributed by atoms with Gasteiger partial charge >= 0.3 is 0 Å². The molecule has 7 heteroatoms. The molecule has 1 saturated heterocycles. The Balaban J connectivity index is 1.42. The van der Waals surface area contributed by atoms with Crippen molar-refractivity contribution in [2.24, 2.45) is 0 Å². The summed E-state index contributed by atoms with van der Waals surface area (Å²) >= 11 is 6.07. The van der Waals surface area contributed by atoms with Gasteiger partial charge in [0, 0.05) is 12.6 Å². The SMILES string of the molecule is O=S(=O)(NC1CCN(CCOc2ccccc2Cl)CC1)c1ccccc1. The zero-order valence-corrected chi connectivity index (χ0v) is 16.0. The number of sulfonamides is 1. The maximum Gasteiger partial charge on any atom is 0.240 e. The number of rotatable bonds is 7. The highest BCUT2D eigenvalue weighted by atomic mass is 35.5. The van der Waals surface area contributed by atoms with Crippen molar-refractivity contribution in [2.45, 2.75) is 23.8 Å². The average Bonchev–Trinajstić information content (AvgIpc) is 2.65. The van der Waals surface area contributed by atoms with Crippen molar-refractivity contribution in [1.82, 2.24) is 9.62 Å². The van der Waals surface area contributed by atoms with E-state index >= 15 is 0 Å². The number of hydrogen-bond acceptors (Lipinski definition) is 4. The van der Waals surface area contributed by atoms with Gasteiger partial charge in [0.1, 0.15) is 12.4 Å². The molecule has 1 fully saturated rings. The van der Waals surface area contributed by atoms with Gasteiger partial charge in [0.05, 0.1) is 9.92 Å². The molecule has 0 atom stereocenters. The normalized spacial score (nSPS) is 16.5. The maximum atomic E-state index is 12.4. The molecule has 1 N–H and O–H groups in total. The fraction of sp³-hybridized carbons (Fsp3) is 0.368. The van der Waals surface area contributed by atoms with Crippen LogP contribution in [0.3, 0.4) is 0 Å². The number of nitrogens with zero attached hydrogens (tertiary/aromatic N) is 1. The van der Waals surface area contributed by atoms with Crippen molar-refractivity contribution in [3.63, 3.8) is 0 Å². The van der Waals surface area contributed by atoms with Crippen LogP contribution in [0.4, 0.5) is 0 Å². The van der Waals surface area contributed by atoms with E-state index in [1.165, 1.54) is 0 Å². The molecule has 26 heavy (non-hydrogen) atoms. The van der Waals surface area contributed by atoms with E-state index in [1.54, 1.807) is 30.3 Å². The Morgan fingerprint density at radius 2 is 1.69 bits per heavy atom. The van der Waals surface area contributed by atoms with Gasteiger partial charge in [0.15, 0.2) is 0 Å². The molecule has 5 nitrogen and oxygen atoms in total. The minimum atomic E-state index is -3.44. The van der Waals surface area contributed by atoms with Gasteiger partial charge in [-0.25, -0.2) is 13.1 Å². The molecular weight excluding hydrogens is 372 g/mol. The van der Waals surface area contributed by atoms with Crippen LogP contribution in [0.15, 0.2) is 59.5 Å². The Labute approximate surface area is 160 Å². The van der Waals surface area contributed by atoms with Gasteiger partial charge in [0.2, 0.25) is 10.0 Å². The molecule has 2 aromatic carbocycles. The van der Waals surface area contributed by atoms with Crippen LogP contribution in [0.2, 0.25) is 5.02 Å². The summed E-state index contributed by atoms with van der Waals surface area (Å²) in [7, 11) is -3.44. The third-order valence-electron chi connectivity index (χ3n) is 4.46. The van der Waals surface area contributed by atoms with Gasteiger partial charge in [-0.3, -0.25) is 4.90 Å². The number of piperidine rings is 1. The van der Waals surface area contributed by atoms with Crippen LogP contribution in [0.1, 0.15) is 12.8 Å². The van der Waals surface area contributed by atoms with Gasteiger partial charge in [-0.1, -0.05) is 41.9 Å². The van der Waals surface area contributed by atoms with Crippen LogP contribution in [0.5, 0.6) is 5.75 Å². The molecule has 140 valence electrons. The topological polar surface area (TPSA) is 58.6 Å². The number of likely N-dealkylation sites (tertiary alicyclic amines) is 1. The van der Waals surface area contributed by atoms with Crippen molar-refractivity contribution in [3.05, 3.63) is 59.6 Å². The number of nitrogens with one attached hydrogen (secondary N) is 1. The quantitative estimate of drug-likeness (QED) is 0.783. The second-order valence-electron chi connectivity index (χ2n) is 6.33. The van der Waals surface area contributed by atoms with E-state index in [2.05, 4.69) is 9.62 Å². The van der Waals surface area contributed by atoms with E-state index in [1.807, 2.05) is 24.3 Å². The molecule has 2 aromatic rings. The van der Waals surface area contributed by atoms with E-state index in [0.717, 1.165) is 32.5 Å². The highest BCUT2D eigenvalue weighted by Gasteiger charge is 2.24. The highest BCUT2D eigenvalue weighted by Crippen LogP contribution is 2.23. The maximum absolute atomic E-state index is 12.4. The van der Waals surface area contributed by atoms with E-state index in [0.29, 0.717) is 22.3 Å². The van der Waals surface area contributed by atoms with E-state index in [4.69, 9.17) is 16.3 Å². The summed E-state index contributed by atoms with van der Waals surface area (Å²) in [5.74, 6) is 0.694. The Kier molecular flexibility index (Phi) is 6.53. The molecule has 3 rings (SSSR count). The molecule has 1 aliphatic rings. The smallest absolute Gasteiger partial charge is 0.240 e. The van der Waals surface area contributed by atoms with Crippen molar-refractivity contribution in [3.8, 4) is 5.75 Å². The van der Waals surface area contributed by atoms with Crippen molar-refractivity contribution in [2.75, 3.05) is 26.2 Å². The first kappa shape index (κ1) is 19.2. The largest absolute Gasteiger partial charge is 0.491 e. The number of benzene rings is 2. The summed E-state index contributed by atoms with van der Waals surface area (Å²) in [6.45, 7) is 3.04. The predicted octanol–water partition coefficient (Wildman–Crippen LogP) is 3.16. The standard InChI is InChI=1S/C19H23ClN2O3S/c20-18-8-4-5-9-19(18)25-15-14-22-12-10-16(11-13-22)21-26(23,24)17-6-2-1-3-7-17/h1-9,16,21H,10-15H2. The molecule has 0 unspecified atom stereocenters. The monoisotopic (exact) mass is 394 g/mol. The molecule has 1 heterocycles. The summed E-state index contributed by atoms with van der Waals surface area (Å²) in [6.07, 6.45) is 1.58. The molecule has 1 aliphatic heterocycles. The molecule has 0 radical (unpaired) electrons. The Hall–Kier alpha value is -1.60. The van der Waals surface area contributed by atoms with E-state index < -0.39 is 10.0 Å². The van der Waals surface area contributed by atoms with Crippen LogP contribution < -0.4 is 9.46 Å². The summed E-state index contributed by atoms with van der Waals surface area (Å²) < 4.78 is 33.3. The van der Waals surface area contributed by atoms with Crippen molar-refractivity contribution in [1.29, 1.82) is 0 Å². The van der Waals surface area contributed by atoms with Crippen LogP contribution in [-0.2, 0) is 10.0 Å². The van der Waals surface area contributed by atoms with Crippen molar-refractivity contribution >= 4 is 21.6 Å². The molecule has 0 aromatic heterocycles. The fourth-order valence-electron chi connectivity index (χ4n) is 3.01. The minimum Gasteiger partial charge on any atom is -0.491 e. The number of hydrogen-bond donors (Lipinski definition) is 1. The summed E-state index contributed by atoms with van der Waals surface area (Å²) in [5, 5.41) is 0.613. The van der Waals surface area contributed by atoms with E-state index in [9.17, 15) is 8.42 Å². The Bertz CT molecular complexity index is 807. The number of halogens is 1. The van der Waals surface area contributed by atoms with Gasteiger partial charge in [-0.05, 0) is 50.2 Å². The second-order valence-corrected chi connectivity index (χ2v) is 8.45.